The molecular weight excluding hydrogens is 303 g/mol. The first-order chi connectivity index (χ1) is 10.6. The van der Waals surface area contributed by atoms with Crippen LogP contribution in [-0.4, -0.2) is 7.25 Å². The smallest absolute Gasteiger partial charge is 0.418 e. The van der Waals surface area contributed by atoms with Gasteiger partial charge < -0.3 is 17.3 Å². The van der Waals surface area contributed by atoms with E-state index in [0.29, 0.717) is 5.41 Å². The predicted molar refractivity (Wildman–Crippen MR) is 95.0 cm³/mol. The van der Waals surface area contributed by atoms with E-state index in [2.05, 4.69) is 34.1 Å². The molecule has 0 aliphatic carbocycles. The van der Waals surface area contributed by atoms with Crippen molar-refractivity contribution in [3.05, 3.63) is 6.42 Å². The van der Waals surface area contributed by atoms with Gasteiger partial charge in [-0.3, -0.25) is 0 Å². The SMILES string of the molecule is CCCCCCCCCCCCC[CH]C(C)(C)C.F[B-](F)(F)F. The monoisotopic (exact) mass is 340 g/mol. The van der Waals surface area contributed by atoms with Crippen molar-refractivity contribution < 1.29 is 17.3 Å². The number of hydrogen-bond acceptors (Lipinski definition) is 0. The second-order valence-electron chi connectivity index (χ2n) is 7.39. The molecule has 0 saturated heterocycles. The van der Waals surface area contributed by atoms with E-state index in [4.69, 9.17) is 0 Å². The van der Waals surface area contributed by atoms with Crippen LogP contribution < -0.4 is 0 Å². The van der Waals surface area contributed by atoms with Crippen LogP contribution in [0.1, 0.15) is 105 Å². The molecule has 0 aliphatic rings. The second-order valence-corrected chi connectivity index (χ2v) is 7.39. The van der Waals surface area contributed by atoms with Gasteiger partial charge in [0.15, 0.2) is 0 Å². The first-order valence-corrected chi connectivity index (χ1v) is 9.28. The standard InChI is InChI=1S/C18H37.BF4/c1-5-6-7-8-9-10-11-12-13-14-15-16-17-18(2,3)4;2-1(3,4)5/h17H,5-16H2,1-4H3;/q;-1. The third kappa shape index (κ3) is 39.0. The average Bonchev–Trinajstić information content (AvgIpc) is 2.37. The Hall–Kier alpha value is -0.215. The highest BCUT2D eigenvalue weighted by atomic mass is 19.5. The van der Waals surface area contributed by atoms with Crippen molar-refractivity contribution in [2.24, 2.45) is 5.41 Å². The fraction of sp³-hybridized carbons (Fsp3) is 0.944. The molecule has 0 saturated carbocycles. The maximum absolute atomic E-state index is 9.75. The molecule has 0 amide bonds. The zero-order chi connectivity index (χ0) is 18.2. The van der Waals surface area contributed by atoms with E-state index < -0.39 is 7.25 Å². The van der Waals surface area contributed by atoms with Gasteiger partial charge in [-0.25, -0.2) is 0 Å². The second kappa shape index (κ2) is 15.3. The first kappa shape index (κ1) is 25.0. The summed E-state index contributed by atoms with van der Waals surface area (Å²) >= 11 is 0. The largest absolute Gasteiger partial charge is 0.673 e. The van der Waals surface area contributed by atoms with Crippen LogP contribution >= 0.6 is 0 Å². The van der Waals surface area contributed by atoms with Gasteiger partial charge in [-0.15, -0.1) is 0 Å². The highest BCUT2D eigenvalue weighted by molar-refractivity contribution is 6.50. The highest BCUT2D eigenvalue weighted by Crippen LogP contribution is 2.21. The molecule has 0 heterocycles. The van der Waals surface area contributed by atoms with E-state index in [9.17, 15) is 17.3 Å². The topological polar surface area (TPSA) is 0 Å². The van der Waals surface area contributed by atoms with E-state index in [-0.39, 0.29) is 0 Å². The van der Waals surface area contributed by atoms with Gasteiger partial charge in [0.05, 0.1) is 0 Å². The van der Waals surface area contributed by atoms with Crippen molar-refractivity contribution in [2.75, 3.05) is 0 Å². The summed E-state index contributed by atoms with van der Waals surface area (Å²) in [5, 5.41) is 0. The summed E-state index contributed by atoms with van der Waals surface area (Å²) in [4.78, 5) is 0. The van der Waals surface area contributed by atoms with Gasteiger partial charge in [-0.2, -0.15) is 0 Å². The molecule has 0 nitrogen and oxygen atoms in total. The minimum atomic E-state index is -6.00. The predicted octanol–water partition coefficient (Wildman–Crippen LogP) is 8.24. The molecule has 0 fully saturated rings. The molecule has 0 aromatic rings. The van der Waals surface area contributed by atoms with Crippen molar-refractivity contribution in [1.82, 2.24) is 0 Å². The fourth-order valence-electron chi connectivity index (χ4n) is 2.34. The lowest BCUT2D eigenvalue weighted by molar-refractivity contribution is 0.368. The summed E-state index contributed by atoms with van der Waals surface area (Å²) in [6.45, 7) is 9.18. The molecular formula is C18H37BF4-. The zero-order valence-corrected chi connectivity index (χ0v) is 15.7. The third-order valence-electron chi connectivity index (χ3n) is 3.56. The molecule has 0 rings (SSSR count). The van der Waals surface area contributed by atoms with E-state index in [1.807, 2.05) is 0 Å². The molecule has 23 heavy (non-hydrogen) atoms. The molecule has 0 aliphatic heterocycles. The van der Waals surface area contributed by atoms with Gasteiger partial charge in [-0.1, -0.05) is 98.3 Å². The molecule has 141 valence electrons. The van der Waals surface area contributed by atoms with Gasteiger partial charge in [0, 0.05) is 0 Å². The molecule has 1 radical (unpaired) electrons. The quantitative estimate of drug-likeness (QED) is 0.191. The Kier molecular flexibility index (Phi) is 16.7. The van der Waals surface area contributed by atoms with Crippen LogP contribution in [0.3, 0.4) is 0 Å². The summed E-state index contributed by atoms with van der Waals surface area (Å²) in [6, 6.07) is 0. The summed E-state index contributed by atoms with van der Waals surface area (Å²) in [7, 11) is -6.00. The molecule has 0 aromatic carbocycles. The van der Waals surface area contributed by atoms with Crippen LogP contribution in [0.25, 0.3) is 0 Å². The maximum Gasteiger partial charge on any atom is 0.673 e. The van der Waals surface area contributed by atoms with E-state index in [0.717, 1.165) is 0 Å². The molecule has 0 atom stereocenters. The Morgan fingerprint density at radius 2 is 0.957 bits per heavy atom. The van der Waals surface area contributed by atoms with Crippen molar-refractivity contribution >= 4 is 7.25 Å². The molecule has 0 N–H and O–H groups in total. The zero-order valence-electron chi connectivity index (χ0n) is 15.7. The van der Waals surface area contributed by atoms with E-state index in [1.54, 1.807) is 0 Å². The Labute approximate surface area is 141 Å². The number of unbranched alkanes of at least 4 members (excludes halogenated alkanes) is 11. The first-order valence-electron chi connectivity index (χ1n) is 9.28. The fourth-order valence-corrected chi connectivity index (χ4v) is 2.34. The summed E-state index contributed by atoms with van der Waals surface area (Å²) in [5.41, 5.74) is 0.415. The van der Waals surface area contributed by atoms with Gasteiger partial charge >= 0.3 is 7.25 Å². The van der Waals surface area contributed by atoms with Crippen LogP contribution in [0.2, 0.25) is 0 Å². The summed E-state index contributed by atoms with van der Waals surface area (Å²) in [5.74, 6) is 0. The van der Waals surface area contributed by atoms with Crippen LogP contribution in [0.15, 0.2) is 0 Å². The number of halogens is 4. The lowest BCUT2D eigenvalue weighted by Gasteiger charge is -2.16. The normalized spacial score (nSPS) is 12.0. The molecule has 0 spiro atoms. The molecule has 5 heteroatoms. The summed E-state index contributed by atoms with van der Waals surface area (Å²) < 4.78 is 39.0. The Bertz CT molecular complexity index is 228. The molecule has 0 unspecified atom stereocenters. The Morgan fingerprint density at radius 3 is 1.26 bits per heavy atom. The van der Waals surface area contributed by atoms with Crippen molar-refractivity contribution in [1.29, 1.82) is 0 Å². The van der Waals surface area contributed by atoms with Crippen LogP contribution in [-0.2, 0) is 0 Å². The van der Waals surface area contributed by atoms with Crippen LogP contribution in [0.5, 0.6) is 0 Å². The van der Waals surface area contributed by atoms with Gasteiger partial charge in [-0.05, 0) is 18.3 Å². The van der Waals surface area contributed by atoms with Crippen molar-refractivity contribution in [2.45, 2.75) is 105 Å². The summed E-state index contributed by atoms with van der Waals surface area (Å²) in [6.07, 6.45) is 19.7. The number of rotatable bonds is 12. The third-order valence-corrected chi connectivity index (χ3v) is 3.56. The minimum absolute atomic E-state index is 0.415. The van der Waals surface area contributed by atoms with Crippen molar-refractivity contribution in [3.63, 3.8) is 0 Å². The average molecular weight is 340 g/mol. The van der Waals surface area contributed by atoms with Gasteiger partial charge in [0.1, 0.15) is 0 Å². The Balaban J connectivity index is 0. The van der Waals surface area contributed by atoms with Gasteiger partial charge in [0.25, 0.3) is 0 Å². The molecule has 0 bridgehead atoms. The van der Waals surface area contributed by atoms with E-state index >= 15 is 0 Å². The maximum atomic E-state index is 9.75. The minimum Gasteiger partial charge on any atom is -0.418 e. The van der Waals surface area contributed by atoms with E-state index in [1.165, 1.54) is 77.0 Å². The number of hydrogen-bond donors (Lipinski definition) is 0. The molecule has 0 aromatic heterocycles. The van der Waals surface area contributed by atoms with Crippen LogP contribution in [0.4, 0.5) is 17.3 Å². The highest BCUT2D eigenvalue weighted by Gasteiger charge is 2.20. The lowest BCUT2D eigenvalue weighted by atomic mass is 9.89. The van der Waals surface area contributed by atoms with Gasteiger partial charge in [0.2, 0.25) is 0 Å². The lowest BCUT2D eigenvalue weighted by Crippen LogP contribution is -2.04. The Morgan fingerprint density at radius 1 is 0.652 bits per heavy atom. The van der Waals surface area contributed by atoms with Crippen molar-refractivity contribution in [3.8, 4) is 0 Å². The van der Waals surface area contributed by atoms with Crippen LogP contribution in [0, 0.1) is 11.8 Å².